The van der Waals surface area contributed by atoms with E-state index in [4.69, 9.17) is 10.5 Å². The number of carbonyl (C=O) groups excluding carboxylic acids is 2. The van der Waals surface area contributed by atoms with Gasteiger partial charge in [0.25, 0.3) is 0 Å². The predicted octanol–water partition coefficient (Wildman–Crippen LogP) is 3.30. The van der Waals surface area contributed by atoms with Gasteiger partial charge in [-0.3, -0.25) is 9.36 Å². The van der Waals surface area contributed by atoms with Crippen LogP contribution >= 0.6 is 0 Å². The summed E-state index contributed by atoms with van der Waals surface area (Å²) >= 11 is 0. The lowest BCUT2D eigenvalue weighted by Crippen LogP contribution is -2.39. The molecule has 0 unspecified atom stereocenters. The van der Waals surface area contributed by atoms with Crippen LogP contribution in [0.2, 0.25) is 0 Å². The molecule has 1 spiro atoms. The number of nitrogens with zero attached hydrogens (tertiary/aromatic N) is 1. The van der Waals surface area contributed by atoms with Crippen molar-refractivity contribution in [3.63, 3.8) is 0 Å². The van der Waals surface area contributed by atoms with Crippen molar-refractivity contribution in [2.75, 3.05) is 5.32 Å². The van der Waals surface area contributed by atoms with E-state index in [1.165, 1.54) is 12.1 Å². The quantitative estimate of drug-likeness (QED) is 0.666. The summed E-state index contributed by atoms with van der Waals surface area (Å²) in [4.78, 5) is 24.7. The maximum Gasteiger partial charge on any atom is 0.357 e. The van der Waals surface area contributed by atoms with E-state index in [1.54, 1.807) is 24.3 Å². The van der Waals surface area contributed by atoms with Crippen molar-refractivity contribution in [1.82, 2.24) is 4.57 Å². The van der Waals surface area contributed by atoms with E-state index >= 15 is 0 Å². The van der Waals surface area contributed by atoms with Crippen LogP contribution in [0.3, 0.4) is 0 Å². The second-order valence-electron chi connectivity index (χ2n) is 7.76. The highest BCUT2D eigenvalue weighted by molar-refractivity contribution is 6.01. The maximum atomic E-state index is 13.3. The van der Waals surface area contributed by atoms with Crippen molar-refractivity contribution in [3.05, 3.63) is 65.6 Å². The van der Waals surface area contributed by atoms with E-state index in [2.05, 4.69) is 5.32 Å². The number of esters is 1. The van der Waals surface area contributed by atoms with Crippen molar-refractivity contribution in [2.24, 2.45) is 5.73 Å². The number of fused-ring (bicyclic) bond motifs is 4. The number of anilines is 1. The van der Waals surface area contributed by atoms with Gasteiger partial charge in [0, 0.05) is 23.9 Å². The maximum absolute atomic E-state index is 13.3. The molecule has 1 atom stereocenters. The second kappa shape index (κ2) is 6.42. The average Bonchev–Trinajstić information content (AvgIpc) is 3.17. The second-order valence-corrected chi connectivity index (χ2v) is 7.76. The zero-order chi connectivity index (χ0) is 20.2. The van der Waals surface area contributed by atoms with Crippen molar-refractivity contribution in [1.29, 1.82) is 0 Å². The largest absolute Gasteiger partial charge is 0.434 e. The number of aromatic nitrogens is 1. The number of carbonyl (C=O) groups is 2. The van der Waals surface area contributed by atoms with Gasteiger partial charge in [-0.05, 0) is 54.8 Å². The van der Waals surface area contributed by atoms with Gasteiger partial charge in [-0.1, -0.05) is 12.1 Å². The highest BCUT2D eigenvalue weighted by atomic mass is 19.1. The molecule has 148 valence electrons. The summed E-state index contributed by atoms with van der Waals surface area (Å²) in [6.45, 7) is 0. The molecule has 2 aromatic carbocycles. The van der Waals surface area contributed by atoms with Gasteiger partial charge in [-0.25, -0.2) is 9.18 Å². The smallest absolute Gasteiger partial charge is 0.357 e. The first-order valence-corrected chi connectivity index (χ1v) is 9.65. The molecule has 3 N–H and O–H groups in total. The van der Waals surface area contributed by atoms with E-state index in [9.17, 15) is 14.0 Å². The Bertz CT molecular complexity index is 1150. The molecule has 7 heteroatoms. The minimum atomic E-state index is -0.806. The third-order valence-electron chi connectivity index (χ3n) is 5.78. The Kier molecular flexibility index (Phi) is 3.96. The Morgan fingerprint density at radius 1 is 1.24 bits per heavy atom. The molecular weight excluding hydrogens is 373 g/mol. The van der Waals surface area contributed by atoms with Crippen LogP contribution in [-0.2, 0) is 21.7 Å². The number of benzene rings is 2. The van der Waals surface area contributed by atoms with E-state index in [0.29, 0.717) is 16.9 Å². The SMILES string of the molecule is N[C@@H](Cc1cccc(F)c1)C(=O)Nc1ccc2c(c1)cc1n2C2(CCC2)OC1=O. The Morgan fingerprint density at radius 3 is 2.79 bits per heavy atom. The summed E-state index contributed by atoms with van der Waals surface area (Å²) in [5.41, 5.74) is 8.18. The number of rotatable bonds is 4. The number of hydrogen-bond acceptors (Lipinski definition) is 4. The fraction of sp³-hybridized carbons (Fsp3) is 0.273. The number of nitrogens with one attached hydrogen (secondary N) is 1. The molecule has 1 aromatic heterocycles. The first-order valence-electron chi connectivity index (χ1n) is 9.65. The molecular formula is C22H20FN3O3. The van der Waals surface area contributed by atoms with Crippen LogP contribution in [0.25, 0.3) is 10.9 Å². The van der Waals surface area contributed by atoms with Gasteiger partial charge in [0.15, 0.2) is 5.72 Å². The first-order chi connectivity index (χ1) is 13.9. The molecule has 0 saturated heterocycles. The Labute approximate surface area is 166 Å². The summed E-state index contributed by atoms with van der Waals surface area (Å²) in [5.74, 6) is -1.01. The van der Waals surface area contributed by atoms with Gasteiger partial charge in [0.2, 0.25) is 5.91 Å². The van der Waals surface area contributed by atoms with E-state index in [-0.39, 0.29) is 24.1 Å². The molecule has 5 rings (SSSR count). The molecule has 0 bridgehead atoms. The van der Waals surface area contributed by atoms with Crippen LogP contribution in [0.15, 0.2) is 48.5 Å². The molecule has 1 fully saturated rings. The number of hydrogen-bond donors (Lipinski definition) is 2. The van der Waals surface area contributed by atoms with Gasteiger partial charge in [-0.2, -0.15) is 0 Å². The van der Waals surface area contributed by atoms with Crippen molar-refractivity contribution in [3.8, 4) is 0 Å². The lowest BCUT2D eigenvalue weighted by molar-refractivity contribution is -0.117. The fourth-order valence-corrected chi connectivity index (χ4v) is 4.20. The molecule has 1 aliphatic heterocycles. The van der Waals surface area contributed by atoms with Gasteiger partial charge in [0.05, 0.1) is 11.6 Å². The zero-order valence-electron chi connectivity index (χ0n) is 15.7. The number of nitrogens with two attached hydrogens (primary N) is 1. The summed E-state index contributed by atoms with van der Waals surface area (Å²) < 4.78 is 20.9. The molecule has 1 saturated carbocycles. The van der Waals surface area contributed by atoms with Gasteiger partial charge in [0.1, 0.15) is 11.5 Å². The first kappa shape index (κ1) is 17.9. The van der Waals surface area contributed by atoms with Crippen LogP contribution in [0.5, 0.6) is 0 Å². The highest BCUT2D eigenvalue weighted by Crippen LogP contribution is 2.48. The summed E-state index contributed by atoms with van der Waals surface area (Å²) in [5, 5.41) is 3.67. The lowest BCUT2D eigenvalue weighted by Gasteiger charge is -2.38. The average molecular weight is 393 g/mol. The van der Waals surface area contributed by atoms with Gasteiger partial charge >= 0.3 is 5.97 Å². The number of amides is 1. The Balaban J connectivity index is 1.36. The Morgan fingerprint density at radius 2 is 2.07 bits per heavy atom. The third kappa shape index (κ3) is 2.89. The van der Waals surface area contributed by atoms with Crippen LogP contribution in [0.1, 0.15) is 35.3 Å². The van der Waals surface area contributed by atoms with Gasteiger partial charge in [-0.15, -0.1) is 0 Å². The zero-order valence-corrected chi connectivity index (χ0v) is 15.7. The topological polar surface area (TPSA) is 86.3 Å². The van der Waals surface area contributed by atoms with Crippen molar-refractivity contribution in [2.45, 2.75) is 37.5 Å². The molecule has 29 heavy (non-hydrogen) atoms. The van der Waals surface area contributed by atoms with E-state index in [0.717, 1.165) is 30.2 Å². The standard InChI is InChI=1S/C22H20FN3O3/c23-15-4-1-3-13(9-15)10-17(24)20(27)25-16-5-6-18-14(11-16)12-19-21(28)29-22(26(18)19)7-2-8-22/h1,3-6,9,11-12,17H,2,7-8,10,24H2,(H,25,27)/t17-/m0/s1. The van der Waals surface area contributed by atoms with Crippen molar-refractivity contribution >= 4 is 28.5 Å². The van der Waals surface area contributed by atoms with Crippen LogP contribution in [-0.4, -0.2) is 22.5 Å². The summed E-state index contributed by atoms with van der Waals surface area (Å²) in [6, 6.07) is 12.5. The highest BCUT2D eigenvalue weighted by Gasteiger charge is 2.50. The van der Waals surface area contributed by atoms with Crippen LogP contribution in [0.4, 0.5) is 10.1 Å². The summed E-state index contributed by atoms with van der Waals surface area (Å²) in [6.07, 6.45) is 2.91. The molecule has 2 heterocycles. The normalized spacial score (nSPS) is 17.7. The fourth-order valence-electron chi connectivity index (χ4n) is 4.20. The van der Waals surface area contributed by atoms with E-state index < -0.39 is 11.8 Å². The predicted molar refractivity (Wildman–Crippen MR) is 106 cm³/mol. The van der Waals surface area contributed by atoms with Gasteiger partial charge < -0.3 is 15.8 Å². The summed E-state index contributed by atoms with van der Waals surface area (Å²) in [7, 11) is 0. The van der Waals surface area contributed by atoms with Crippen LogP contribution < -0.4 is 11.1 Å². The monoisotopic (exact) mass is 393 g/mol. The van der Waals surface area contributed by atoms with Crippen LogP contribution in [0, 0.1) is 5.82 Å². The molecule has 1 aliphatic carbocycles. The number of ether oxygens (including phenoxy) is 1. The molecule has 0 radical (unpaired) electrons. The minimum absolute atomic E-state index is 0.237. The van der Waals surface area contributed by atoms with E-state index in [1.807, 2.05) is 16.7 Å². The Hall–Kier alpha value is -3.19. The van der Waals surface area contributed by atoms with Crippen molar-refractivity contribution < 1.29 is 18.7 Å². The molecule has 2 aliphatic rings. The molecule has 3 aromatic rings. The molecule has 6 nitrogen and oxygen atoms in total. The number of halogens is 1. The minimum Gasteiger partial charge on any atom is -0.434 e. The third-order valence-corrected chi connectivity index (χ3v) is 5.78. The lowest BCUT2D eigenvalue weighted by atomic mass is 9.88. The molecule has 1 amide bonds.